The van der Waals surface area contributed by atoms with Crippen molar-refractivity contribution in [3.63, 3.8) is 0 Å². The van der Waals surface area contributed by atoms with Gasteiger partial charge in [0.15, 0.2) is 17.6 Å². The number of halogens is 1. The van der Waals surface area contributed by atoms with Gasteiger partial charge in [-0.1, -0.05) is 18.2 Å². The second kappa shape index (κ2) is 7.86. The third-order valence-corrected chi connectivity index (χ3v) is 3.82. The molecule has 6 nitrogen and oxygen atoms in total. The Bertz CT molecular complexity index is 823. The van der Waals surface area contributed by atoms with E-state index in [1.807, 2.05) is 6.07 Å². The fourth-order valence-corrected chi connectivity index (χ4v) is 2.49. The Morgan fingerprint density at radius 3 is 2.77 bits per heavy atom. The standard InChI is InChI=1S/C19H18FNO5/c1-12(26-18(22)9-13-3-2-4-15(20)7-13)19(23)21-10-14-5-6-16-17(8-14)25-11-24-16/h2-8,12H,9-11H2,1H3,(H,21,23)/t12-/m1/s1. The van der Waals surface area contributed by atoms with Gasteiger partial charge in [0.05, 0.1) is 6.42 Å². The van der Waals surface area contributed by atoms with Gasteiger partial charge in [-0.3, -0.25) is 9.59 Å². The van der Waals surface area contributed by atoms with Gasteiger partial charge in [-0.2, -0.15) is 0 Å². The summed E-state index contributed by atoms with van der Waals surface area (Å²) in [7, 11) is 0. The Hall–Kier alpha value is -3.09. The van der Waals surface area contributed by atoms with Gasteiger partial charge in [0.1, 0.15) is 5.82 Å². The number of ether oxygens (including phenoxy) is 3. The molecule has 0 spiro atoms. The van der Waals surface area contributed by atoms with E-state index in [2.05, 4.69) is 5.32 Å². The molecule has 0 aromatic heterocycles. The van der Waals surface area contributed by atoms with Crippen molar-refractivity contribution in [1.82, 2.24) is 5.32 Å². The molecule has 1 aliphatic heterocycles. The first kappa shape index (κ1) is 17.7. The van der Waals surface area contributed by atoms with E-state index in [0.29, 0.717) is 17.1 Å². The molecule has 0 saturated heterocycles. The fourth-order valence-electron chi connectivity index (χ4n) is 2.49. The summed E-state index contributed by atoms with van der Waals surface area (Å²) in [5.74, 6) is -0.146. The number of hydrogen-bond acceptors (Lipinski definition) is 5. The highest BCUT2D eigenvalue weighted by Crippen LogP contribution is 2.32. The average Bonchev–Trinajstić information content (AvgIpc) is 3.07. The van der Waals surface area contributed by atoms with E-state index < -0.39 is 23.8 Å². The van der Waals surface area contributed by atoms with E-state index in [1.165, 1.54) is 25.1 Å². The number of benzene rings is 2. The van der Waals surface area contributed by atoms with Gasteiger partial charge in [0, 0.05) is 6.54 Å². The molecule has 26 heavy (non-hydrogen) atoms. The van der Waals surface area contributed by atoms with Crippen molar-refractivity contribution >= 4 is 11.9 Å². The minimum Gasteiger partial charge on any atom is -0.454 e. The second-order valence-corrected chi connectivity index (χ2v) is 5.84. The van der Waals surface area contributed by atoms with Gasteiger partial charge < -0.3 is 19.5 Å². The maximum absolute atomic E-state index is 13.1. The summed E-state index contributed by atoms with van der Waals surface area (Å²) >= 11 is 0. The molecule has 0 unspecified atom stereocenters. The number of esters is 1. The smallest absolute Gasteiger partial charge is 0.311 e. The van der Waals surface area contributed by atoms with Crippen LogP contribution in [0, 0.1) is 5.82 Å². The molecule has 1 aliphatic rings. The third-order valence-electron chi connectivity index (χ3n) is 3.82. The SMILES string of the molecule is C[C@@H](OC(=O)Cc1cccc(F)c1)C(=O)NCc1ccc2c(c1)OCO2. The van der Waals surface area contributed by atoms with Gasteiger partial charge in [0.25, 0.3) is 5.91 Å². The highest BCUT2D eigenvalue weighted by Gasteiger charge is 2.19. The summed E-state index contributed by atoms with van der Waals surface area (Å²) in [6.45, 7) is 1.93. The molecule has 7 heteroatoms. The van der Waals surface area contributed by atoms with Gasteiger partial charge in [-0.05, 0) is 42.3 Å². The quantitative estimate of drug-likeness (QED) is 0.802. The molecule has 3 rings (SSSR count). The predicted octanol–water partition coefficient (Wildman–Crippen LogP) is 2.34. The van der Waals surface area contributed by atoms with Crippen molar-refractivity contribution in [1.29, 1.82) is 0 Å². The molecule has 0 aliphatic carbocycles. The Labute approximate surface area is 149 Å². The Morgan fingerprint density at radius 2 is 1.96 bits per heavy atom. The van der Waals surface area contributed by atoms with Gasteiger partial charge in [0.2, 0.25) is 6.79 Å². The van der Waals surface area contributed by atoms with Crippen molar-refractivity contribution in [2.24, 2.45) is 0 Å². The molecule has 136 valence electrons. The summed E-state index contributed by atoms with van der Waals surface area (Å²) in [6.07, 6.45) is -1.05. The van der Waals surface area contributed by atoms with E-state index in [9.17, 15) is 14.0 Å². The first-order valence-electron chi connectivity index (χ1n) is 8.11. The summed E-state index contributed by atoms with van der Waals surface area (Å²) in [5, 5.41) is 2.70. The summed E-state index contributed by atoms with van der Waals surface area (Å²) in [6, 6.07) is 11.0. The highest BCUT2D eigenvalue weighted by molar-refractivity contribution is 5.83. The average molecular weight is 359 g/mol. The van der Waals surface area contributed by atoms with Crippen LogP contribution in [-0.2, 0) is 27.3 Å². The maximum atomic E-state index is 13.1. The molecule has 1 amide bonds. The van der Waals surface area contributed by atoms with Gasteiger partial charge in [-0.25, -0.2) is 4.39 Å². The predicted molar refractivity (Wildman–Crippen MR) is 90.1 cm³/mol. The van der Waals surface area contributed by atoms with Crippen LogP contribution in [0.15, 0.2) is 42.5 Å². The van der Waals surface area contributed by atoms with Crippen molar-refractivity contribution in [3.05, 3.63) is 59.4 Å². The number of carbonyl (C=O) groups excluding carboxylic acids is 2. The molecule has 1 heterocycles. The lowest BCUT2D eigenvalue weighted by Gasteiger charge is -2.14. The monoisotopic (exact) mass is 359 g/mol. The molecule has 0 bridgehead atoms. The van der Waals surface area contributed by atoms with Crippen LogP contribution < -0.4 is 14.8 Å². The van der Waals surface area contributed by atoms with Crippen LogP contribution in [0.5, 0.6) is 11.5 Å². The van der Waals surface area contributed by atoms with Crippen LogP contribution in [0.2, 0.25) is 0 Å². The zero-order chi connectivity index (χ0) is 18.5. The minimum absolute atomic E-state index is 0.0997. The van der Waals surface area contributed by atoms with E-state index in [-0.39, 0.29) is 19.8 Å². The molecule has 1 N–H and O–H groups in total. The third kappa shape index (κ3) is 4.50. The van der Waals surface area contributed by atoms with Crippen molar-refractivity contribution in [2.45, 2.75) is 26.0 Å². The number of nitrogens with one attached hydrogen (secondary N) is 1. The highest BCUT2D eigenvalue weighted by atomic mass is 19.1. The van der Waals surface area contributed by atoms with Crippen molar-refractivity contribution in [2.75, 3.05) is 6.79 Å². The van der Waals surface area contributed by atoms with E-state index in [0.717, 1.165) is 5.56 Å². The normalized spacial score (nSPS) is 13.2. The zero-order valence-corrected chi connectivity index (χ0v) is 14.2. The number of carbonyl (C=O) groups is 2. The summed E-state index contributed by atoms with van der Waals surface area (Å²) in [5.41, 5.74) is 1.32. The zero-order valence-electron chi connectivity index (χ0n) is 14.2. The Balaban J connectivity index is 1.47. The number of hydrogen-bond donors (Lipinski definition) is 1. The summed E-state index contributed by atoms with van der Waals surface area (Å²) in [4.78, 5) is 24.0. The van der Waals surface area contributed by atoms with Crippen molar-refractivity contribution in [3.8, 4) is 11.5 Å². The van der Waals surface area contributed by atoms with Crippen LogP contribution in [0.25, 0.3) is 0 Å². The maximum Gasteiger partial charge on any atom is 0.311 e. The first-order valence-corrected chi connectivity index (χ1v) is 8.11. The molecule has 2 aromatic carbocycles. The van der Waals surface area contributed by atoms with Crippen LogP contribution >= 0.6 is 0 Å². The Morgan fingerprint density at radius 1 is 1.15 bits per heavy atom. The molecule has 0 radical (unpaired) electrons. The van der Waals surface area contributed by atoms with E-state index in [4.69, 9.17) is 14.2 Å². The van der Waals surface area contributed by atoms with Crippen LogP contribution in [0.4, 0.5) is 4.39 Å². The Kier molecular flexibility index (Phi) is 5.36. The number of fused-ring (bicyclic) bond motifs is 1. The van der Waals surface area contributed by atoms with Crippen molar-refractivity contribution < 1.29 is 28.2 Å². The van der Waals surface area contributed by atoms with E-state index >= 15 is 0 Å². The van der Waals surface area contributed by atoms with Crippen LogP contribution in [0.1, 0.15) is 18.1 Å². The molecule has 0 fully saturated rings. The van der Waals surface area contributed by atoms with E-state index in [1.54, 1.807) is 18.2 Å². The second-order valence-electron chi connectivity index (χ2n) is 5.84. The largest absolute Gasteiger partial charge is 0.454 e. The molecule has 1 atom stereocenters. The number of rotatable bonds is 6. The molecular weight excluding hydrogens is 341 g/mol. The minimum atomic E-state index is -0.954. The molecule has 0 saturated carbocycles. The fraction of sp³-hybridized carbons (Fsp3) is 0.263. The summed E-state index contributed by atoms with van der Waals surface area (Å²) < 4.78 is 28.7. The lowest BCUT2D eigenvalue weighted by molar-refractivity contribution is -0.154. The topological polar surface area (TPSA) is 73.9 Å². The first-order chi connectivity index (χ1) is 12.5. The van der Waals surface area contributed by atoms with Gasteiger partial charge in [-0.15, -0.1) is 0 Å². The molecule has 2 aromatic rings. The van der Waals surface area contributed by atoms with Crippen LogP contribution in [-0.4, -0.2) is 24.8 Å². The lowest BCUT2D eigenvalue weighted by atomic mass is 10.1. The molecular formula is C19H18FNO5. The van der Waals surface area contributed by atoms with Crippen LogP contribution in [0.3, 0.4) is 0 Å². The van der Waals surface area contributed by atoms with Gasteiger partial charge >= 0.3 is 5.97 Å². The number of amides is 1. The lowest BCUT2D eigenvalue weighted by Crippen LogP contribution is -2.35.